The van der Waals surface area contributed by atoms with Crippen LogP contribution in [0.25, 0.3) is 0 Å². The van der Waals surface area contributed by atoms with Gasteiger partial charge in [0.15, 0.2) is 11.7 Å². The number of anilines is 1. The molecule has 0 saturated heterocycles. The number of hydrogen-bond acceptors (Lipinski definition) is 6. The number of aromatic amines is 1. The number of rotatable bonds is 6. The molecule has 2 aromatic heterocycles. The van der Waals surface area contributed by atoms with E-state index in [2.05, 4.69) is 32.7 Å². The molecule has 9 heteroatoms. The molecule has 4 rings (SSSR count). The number of aryl methyl sites for hydroxylation is 1. The van der Waals surface area contributed by atoms with Crippen LogP contribution in [0.2, 0.25) is 0 Å². The van der Waals surface area contributed by atoms with Crippen molar-refractivity contribution in [3.8, 4) is 0 Å². The number of amides is 2. The molecule has 2 saturated carbocycles. The van der Waals surface area contributed by atoms with E-state index in [1.807, 2.05) is 6.07 Å². The van der Waals surface area contributed by atoms with Crippen LogP contribution in [0.1, 0.15) is 68.7 Å². The number of carbonyl (C=O) groups is 2. The minimum atomic E-state index is -0.306. The highest BCUT2D eigenvalue weighted by Gasteiger charge is 2.31. The maximum atomic E-state index is 12.2. The zero-order chi connectivity index (χ0) is 21.1. The predicted octanol–water partition coefficient (Wildman–Crippen LogP) is 3.44. The van der Waals surface area contributed by atoms with Crippen LogP contribution in [0.3, 0.4) is 0 Å². The van der Waals surface area contributed by atoms with Gasteiger partial charge in [0.05, 0.1) is 12.6 Å². The Morgan fingerprint density at radius 3 is 2.90 bits per heavy atom. The molecule has 2 heterocycles. The number of carbonyl (C=O) groups excluding carboxylic acids is 2. The van der Waals surface area contributed by atoms with E-state index >= 15 is 0 Å². The molecule has 0 spiro atoms. The summed E-state index contributed by atoms with van der Waals surface area (Å²) in [7, 11) is 0. The van der Waals surface area contributed by atoms with Gasteiger partial charge in [0, 0.05) is 30.6 Å². The van der Waals surface area contributed by atoms with Gasteiger partial charge >= 0.3 is 6.09 Å². The normalized spacial score (nSPS) is 25.9. The van der Waals surface area contributed by atoms with Crippen molar-refractivity contribution < 1.29 is 18.7 Å². The average molecular weight is 415 g/mol. The van der Waals surface area contributed by atoms with E-state index in [0.29, 0.717) is 23.4 Å². The minimum absolute atomic E-state index is 0.0947. The van der Waals surface area contributed by atoms with Gasteiger partial charge in [-0.25, -0.2) is 9.78 Å². The molecule has 2 fully saturated rings. The molecule has 2 aliphatic carbocycles. The highest BCUT2D eigenvalue weighted by atomic mass is 16.6. The van der Waals surface area contributed by atoms with Crippen molar-refractivity contribution in [1.29, 1.82) is 0 Å². The van der Waals surface area contributed by atoms with Crippen LogP contribution in [0.15, 0.2) is 16.7 Å². The summed E-state index contributed by atoms with van der Waals surface area (Å²) >= 11 is 0. The van der Waals surface area contributed by atoms with Crippen molar-refractivity contribution in [2.24, 2.45) is 5.92 Å². The largest absolute Gasteiger partial charge is 0.446 e. The molecule has 2 aliphatic rings. The lowest BCUT2D eigenvalue weighted by Gasteiger charge is -2.19. The van der Waals surface area contributed by atoms with Gasteiger partial charge in [-0.2, -0.15) is 5.10 Å². The quantitative estimate of drug-likeness (QED) is 0.664. The molecule has 2 aromatic rings. The van der Waals surface area contributed by atoms with Crippen molar-refractivity contribution in [3.63, 3.8) is 0 Å². The van der Waals surface area contributed by atoms with Crippen LogP contribution in [-0.2, 0) is 16.0 Å². The fraction of sp³-hybridized carbons (Fsp3) is 0.619. The molecule has 3 N–H and O–H groups in total. The lowest BCUT2D eigenvalue weighted by Crippen LogP contribution is -2.38. The van der Waals surface area contributed by atoms with E-state index < -0.39 is 0 Å². The number of hydrogen-bond donors (Lipinski definition) is 3. The van der Waals surface area contributed by atoms with Gasteiger partial charge in [0.2, 0.25) is 5.91 Å². The molecule has 2 amide bonds. The number of oxazole rings is 1. The van der Waals surface area contributed by atoms with Crippen molar-refractivity contribution in [1.82, 2.24) is 20.5 Å². The van der Waals surface area contributed by atoms with Gasteiger partial charge in [-0.15, -0.1) is 0 Å². The van der Waals surface area contributed by atoms with E-state index in [9.17, 15) is 9.59 Å². The summed E-state index contributed by atoms with van der Waals surface area (Å²) in [5.41, 5.74) is 0.941. The van der Waals surface area contributed by atoms with E-state index in [1.54, 1.807) is 13.1 Å². The van der Waals surface area contributed by atoms with Gasteiger partial charge in [-0.1, -0.05) is 13.3 Å². The summed E-state index contributed by atoms with van der Waals surface area (Å²) in [6, 6.07) is 2.07. The second-order valence-electron chi connectivity index (χ2n) is 8.48. The SMILES string of the molecule is Cc1ncc(CC(=O)Nc2cc([C@H]3CC[C@@H](OC(=O)N[C@@H]4CCC[C@@H]4C)C3)[nH]n2)o1. The molecular formula is C21H29N5O4. The Morgan fingerprint density at radius 2 is 2.17 bits per heavy atom. The van der Waals surface area contributed by atoms with Gasteiger partial charge in [-0.05, 0) is 38.0 Å². The smallest absolute Gasteiger partial charge is 0.407 e. The van der Waals surface area contributed by atoms with Crippen LogP contribution >= 0.6 is 0 Å². The highest BCUT2D eigenvalue weighted by Crippen LogP contribution is 2.36. The van der Waals surface area contributed by atoms with Crippen molar-refractivity contribution in [3.05, 3.63) is 29.6 Å². The lowest BCUT2D eigenvalue weighted by atomic mass is 10.0. The highest BCUT2D eigenvalue weighted by molar-refractivity contribution is 5.91. The van der Waals surface area contributed by atoms with Gasteiger partial charge in [0.25, 0.3) is 0 Å². The topological polar surface area (TPSA) is 122 Å². The molecule has 4 atom stereocenters. The maximum Gasteiger partial charge on any atom is 0.407 e. The van der Waals surface area contributed by atoms with E-state index in [0.717, 1.165) is 44.2 Å². The fourth-order valence-corrected chi connectivity index (χ4v) is 4.47. The third-order valence-electron chi connectivity index (χ3n) is 6.13. The first-order valence-corrected chi connectivity index (χ1v) is 10.7. The Morgan fingerprint density at radius 1 is 1.30 bits per heavy atom. The first-order valence-electron chi connectivity index (χ1n) is 10.7. The monoisotopic (exact) mass is 415 g/mol. The molecular weight excluding hydrogens is 386 g/mol. The minimum Gasteiger partial charge on any atom is -0.446 e. The second-order valence-corrected chi connectivity index (χ2v) is 8.48. The van der Waals surface area contributed by atoms with Crippen molar-refractivity contribution >= 4 is 17.8 Å². The van der Waals surface area contributed by atoms with Gasteiger partial charge in [0.1, 0.15) is 11.9 Å². The Hall–Kier alpha value is -2.84. The number of aromatic nitrogens is 3. The third kappa shape index (κ3) is 5.01. The van der Waals surface area contributed by atoms with Crippen LogP contribution in [-0.4, -0.2) is 39.3 Å². The second kappa shape index (κ2) is 8.89. The molecule has 0 bridgehead atoms. The molecule has 0 aliphatic heterocycles. The zero-order valence-corrected chi connectivity index (χ0v) is 17.4. The van der Waals surface area contributed by atoms with Crippen LogP contribution in [0.4, 0.5) is 10.6 Å². The van der Waals surface area contributed by atoms with Crippen LogP contribution in [0, 0.1) is 12.8 Å². The molecule has 30 heavy (non-hydrogen) atoms. The summed E-state index contributed by atoms with van der Waals surface area (Å²) in [4.78, 5) is 28.3. The van der Waals surface area contributed by atoms with Crippen LogP contribution in [0.5, 0.6) is 0 Å². The van der Waals surface area contributed by atoms with Gasteiger partial charge in [-0.3, -0.25) is 9.89 Å². The van der Waals surface area contributed by atoms with E-state index in [-0.39, 0.29) is 36.5 Å². The standard InChI is InChI=1S/C21H29N5O4/c1-12-4-3-5-17(12)23-21(28)30-15-7-6-14(8-15)18-10-19(26-25-18)24-20(27)9-16-11-22-13(2)29-16/h10-12,14-15,17H,3-9H2,1-2H3,(H,23,28)(H2,24,25,26,27)/t12-,14-,15+,17+/m0/s1. The summed E-state index contributed by atoms with van der Waals surface area (Å²) in [5, 5.41) is 13.0. The Balaban J connectivity index is 1.24. The summed E-state index contributed by atoms with van der Waals surface area (Å²) in [6.07, 6.45) is 7.09. The summed E-state index contributed by atoms with van der Waals surface area (Å²) in [5.74, 6) is 2.05. The maximum absolute atomic E-state index is 12.2. The average Bonchev–Trinajstić information content (AvgIpc) is 3.46. The van der Waals surface area contributed by atoms with Crippen LogP contribution < -0.4 is 10.6 Å². The number of nitrogens with one attached hydrogen (secondary N) is 3. The van der Waals surface area contributed by atoms with Crippen molar-refractivity contribution in [2.75, 3.05) is 5.32 Å². The summed E-state index contributed by atoms with van der Waals surface area (Å²) < 4.78 is 11.0. The Kier molecular flexibility index (Phi) is 6.06. The molecule has 162 valence electrons. The predicted molar refractivity (Wildman–Crippen MR) is 109 cm³/mol. The first kappa shape index (κ1) is 20.4. The third-order valence-corrected chi connectivity index (χ3v) is 6.13. The number of alkyl carbamates (subject to hydrolysis) is 1. The Labute approximate surface area is 175 Å². The number of H-pyrrole nitrogens is 1. The van der Waals surface area contributed by atoms with E-state index in [4.69, 9.17) is 9.15 Å². The molecule has 0 aromatic carbocycles. The summed E-state index contributed by atoms with van der Waals surface area (Å²) in [6.45, 7) is 3.91. The molecule has 0 unspecified atom stereocenters. The number of nitrogens with zero attached hydrogens (tertiary/aromatic N) is 2. The number of ether oxygens (including phenoxy) is 1. The Bertz CT molecular complexity index is 892. The lowest BCUT2D eigenvalue weighted by molar-refractivity contribution is -0.115. The van der Waals surface area contributed by atoms with Crippen molar-refractivity contribution in [2.45, 2.75) is 76.9 Å². The fourth-order valence-electron chi connectivity index (χ4n) is 4.47. The molecule has 9 nitrogen and oxygen atoms in total. The zero-order valence-electron chi connectivity index (χ0n) is 17.4. The first-order chi connectivity index (χ1) is 14.5. The molecule has 0 radical (unpaired) electrons. The van der Waals surface area contributed by atoms with Gasteiger partial charge < -0.3 is 19.8 Å². The van der Waals surface area contributed by atoms with E-state index in [1.165, 1.54) is 0 Å².